The summed E-state index contributed by atoms with van der Waals surface area (Å²) >= 11 is 7.23. The van der Waals surface area contributed by atoms with Gasteiger partial charge in [-0.25, -0.2) is 4.68 Å². The summed E-state index contributed by atoms with van der Waals surface area (Å²) in [6.45, 7) is 0.490. The summed E-state index contributed by atoms with van der Waals surface area (Å²) in [6.07, 6.45) is 5.95. The fraction of sp³-hybridized carbons (Fsp3) is 0.500. The average molecular weight is 366 g/mol. The zero-order valence-electron chi connectivity index (χ0n) is 13.3. The number of nitrogens with one attached hydrogen (secondary N) is 1. The van der Waals surface area contributed by atoms with E-state index in [4.69, 9.17) is 11.6 Å². The number of hydrogen-bond donors (Lipinski definition) is 1. The number of benzene rings is 1. The van der Waals surface area contributed by atoms with Gasteiger partial charge in [0, 0.05) is 11.6 Å². The second-order valence-corrected chi connectivity index (χ2v) is 7.27. The van der Waals surface area contributed by atoms with Gasteiger partial charge in [0.25, 0.3) is 0 Å². The second-order valence-electron chi connectivity index (χ2n) is 5.89. The predicted molar refractivity (Wildman–Crippen MR) is 94.0 cm³/mol. The fourth-order valence-corrected chi connectivity index (χ4v) is 3.72. The molecule has 24 heavy (non-hydrogen) atoms. The van der Waals surface area contributed by atoms with Crippen LogP contribution < -0.4 is 5.32 Å². The summed E-state index contributed by atoms with van der Waals surface area (Å²) in [5.74, 6) is 0.272. The first-order chi connectivity index (χ1) is 11.7. The van der Waals surface area contributed by atoms with Crippen molar-refractivity contribution in [3.05, 3.63) is 34.9 Å². The van der Waals surface area contributed by atoms with Gasteiger partial charge in [-0.3, -0.25) is 4.79 Å². The Bertz CT molecular complexity index is 669. The van der Waals surface area contributed by atoms with Crippen molar-refractivity contribution < 1.29 is 4.79 Å². The third-order valence-electron chi connectivity index (χ3n) is 4.12. The minimum atomic E-state index is -0.0341. The van der Waals surface area contributed by atoms with Crippen molar-refractivity contribution >= 4 is 29.3 Å². The van der Waals surface area contributed by atoms with E-state index in [-0.39, 0.29) is 5.91 Å². The second kappa shape index (κ2) is 8.48. The molecular formula is C16H20ClN5OS. The maximum Gasteiger partial charge on any atom is 0.230 e. The molecule has 1 aromatic carbocycles. The highest BCUT2D eigenvalue weighted by molar-refractivity contribution is 7.99. The normalized spacial score (nSPS) is 15.4. The van der Waals surface area contributed by atoms with Gasteiger partial charge in [0.2, 0.25) is 11.1 Å². The van der Waals surface area contributed by atoms with E-state index < -0.39 is 0 Å². The molecule has 1 aliphatic carbocycles. The van der Waals surface area contributed by atoms with Crippen molar-refractivity contribution in [3.63, 3.8) is 0 Å². The van der Waals surface area contributed by atoms with Crippen molar-refractivity contribution in [3.8, 4) is 0 Å². The van der Waals surface area contributed by atoms with E-state index in [1.165, 1.54) is 31.0 Å². The van der Waals surface area contributed by atoms with E-state index in [2.05, 4.69) is 20.8 Å². The van der Waals surface area contributed by atoms with Gasteiger partial charge in [-0.1, -0.05) is 54.8 Å². The summed E-state index contributed by atoms with van der Waals surface area (Å²) in [6, 6.07) is 7.80. The quantitative estimate of drug-likeness (QED) is 0.795. The van der Waals surface area contributed by atoms with Crippen LogP contribution in [0.15, 0.2) is 29.4 Å². The van der Waals surface area contributed by atoms with Gasteiger partial charge < -0.3 is 5.32 Å². The van der Waals surface area contributed by atoms with Gasteiger partial charge in [-0.2, -0.15) is 0 Å². The number of tetrazole rings is 1. The number of amides is 1. The third kappa shape index (κ3) is 4.70. The van der Waals surface area contributed by atoms with Crippen LogP contribution in [-0.4, -0.2) is 31.9 Å². The smallest absolute Gasteiger partial charge is 0.230 e. The Hall–Kier alpha value is -1.60. The third-order valence-corrected chi connectivity index (χ3v) is 5.30. The Morgan fingerprint density at radius 1 is 1.25 bits per heavy atom. The van der Waals surface area contributed by atoms with Crippen molar-refractivity contribution in [2.24, 2.45) is 0 Å². The summed E-state index contributed by atoms with van der Waals surface area (Å²) in [7, 11) is 0. The highest BCUT2D eigenvalue weighted by Gasteiger charge is 2.20. The lowest BCUT2D eigenvalue weighted by atomic mass is 9.96. The Morgan fingerprint density at radius 2 is 2.00 bits per heavy atom. The van der Waals surface area contributed by atoms with Crippen LogP contribution in [-0.2, 0) is 11.3 Å². The van der Waals surface area contributed by atoms with Crippen molar-refractivity contribution in [1.29, 1.82) is 0 Å². The maximum absolute atomic E-state index is 12.0. The lowest BCUT2D eigenvalue weighted by Gasteiger charge is -2.21. The molecule has 0 bridgehead atoms. The molecule has 0 spiro atoms. The monoisotopic (exact) mass is 365 g/mol. The fourth-order valence-electron chi connectivity index (χ4n) is 2.82. The van der Waals surface area contributed by atoms with Crippen molar-refractivity contribution in [2.45, 2.75) is 49.8 Å². The van der Waals surface area contributed by atoms with Crippen LogP contribution in [0.5, 0.6) is 0 Å². The Balaban J connectivity index is 1.48. The molecule has 0 saturated heterocycles. The van der Waals surface area contributed by atoms with Crippen molar-refractivity contribution in [2.75, 3.05) is 5.75 Å². The molecule has 1 N–H and O–H groups in total. The SMILES string of the molecule is O=C(CSc1nnnn1C1CCCCC1)NCc1ccc(Cl)cc1. The van der Waals surface area contributed by atoms with E-state index in [1.807, 2.05) is 28.9 Å². The number of aromatic nitrogens is 4. The molecule has 0 radical (unpaired) electrons. The predicted octanol–water partition coefficient (Wildman–Crippen LogP) is 3.24. The molecule has 1 fully saturated rings. The van der Waals surface area contributed by atoms with Crippen LogP contribution in [0.3, 0.4) is 0 Å². The lowest BCUT2D eigenvalue weighted by molar-refractivity contribution is -0.118. The van der Waals surface area contributed by atoms with Crippen LogP contribution in [0.2, 0.25) is 5.02 Å². The van der Waals surface area contributed by atoms with E-state index in [9.17, 15) is 4.79 Å². The molecule has 128 valence electrons. The molecule has 2 aromatic rings. The number of thioether (sulfide) groups is 1. The molecule has 0 atom stereocenters. The molecule has 6 nitrogen and oxygen atoms in total. The average Bonchev–Trinajstić information content (AvgIpc) is 3.09. The lowest BCUT2D eigenvalue weighted by Crippen LogP contribution is -2.25. The highest BCUT2D eigenvalue weighted by atomic mass is 35.5. The van der Waals surface area contributed by atoms with Gasteiger partial charge in [0.05, 0.1) is 11.8 Å². The zero-order valence-corrected chi connectivity index (χ0v) is 14.9. The standard InChI is InChI=1S/C16H20ClN5OS/c17-13-8-6-12(7-9-13)10-18-15(23)11-24-16-19-20-21-22(16)14-4-2-1-3-5-14/h6-9,14H,1-5,10-11H2,(H,18,23). The number of carbonyl (C=O) groups excluding carboxylic acids is 1. The summed E-state index contributed by atoms with van der Waals surface area (Å²) in [5.41, 5.74) is 1.02. The van der Waals surface area contributed by atoms with Crippen LogP contribution in [0.25, 0.3) is 0 Å². The highest BCUT2D eigenvalue weighted by Crippen LogP contribution is 2.30. The first kappa shape index (κ1) is 17.2. The number of rotatable bonds is 6. The topological polar surface area (TPSA) is 72.7 Å². The number of halogens is 1. The van der Waals surface area contributed by atoms with Crippen LogP contribution in [0.4, 0.5) is 0 Å². The van der Waals surface area contributed by atoms with E-state index in [1.54, 1.807) is 0 Å². The van der Waals surface area contributed by atoms with Gasteiger partial charge in [0.1, 0.15) is 0 Å². The molecule has 1 aliphatic rings. The molecule has 0 aliphatic heterocycles. The molecule has 0 unspecified atom stereocenters. The molecule has 1 heterocycles. The van der Waals surface area contributed by atoms with Gasteiger partial charge in [-0.05, 0) is 41.0 Å². The maximum atomic E-state index is 12.0. The summed E-state index contributed by atoms with van der Waals surface area (Å²) < 4.78 is 1.89. The Kier molecular flexibility index (Phi) is 6.09. The molecular weight excluding hydrogens is 346 g/mol. The molecule has 8 heteroatoms. The zero-order chi connectivity index (χ0) is 16.8. The van der Waals surface area contributed by atoms with E-state index in [0.29, 0.717) is 23.4 Å². The first-order valence-electron chi connectivity index (χ1n) is 8.14. The van der Waals surface area contributed by atoms with E-state index in [0.717, 1.165) is 23.6 Å². The minimum absolute atomic E-state index is 0.0341. The summed E-state index contributed by atoms with van der Waals surface area (Å²) in [5, 5.41) is 16.3. The first-order valence-corrected chi connectivity index (χ1v) is 9.50. The van der Waals surface area contributed by atoms with Gasteiger partial charge in [0.15, 0.2) is 0 Å². The van der Waals surface area contributed by atoms with Gasteiger partial charge in [-0.15, -0.1) is 5.10 Å². The van der Waals surface area contributed by atoms with E-state index >= 15 is 0 Å². The number of nitrogens with zero attached hydrogens (tertiary/aromatic N) is 4. The van der Waals surface area contributed by atoms with Crippen molar-refractivity contribution in [1.82, 2.24) is 25.5 Å². The number of carbonyl (C=O) groups is 1. The largest absolute Gasteiger partial charge is 0.351 e. The van der Waals surface area contributed by atoms with Crippen LogP contribution in [0.1, 0.15) is 43.7 Å². The molecule has 1 saturated carbocycles. The van der Waals surface area contributed by atoms with Gasteiger partial charge >= 0.3 is 0 Å². The molecule has 3 rings (SSSR count). The molecule has 1 amide bonds. The number of hydrogen-bond acceptors (Lipinski definition) is 5. The minimum Gasteiger partial charge on any atom is -0.351 e. The Morgan fingerprint density at radius 3 is 2.75 bits per heavy atom. The van der Waals surface area contributed by atoms with Crippen LogP contribution >= 0.6 is 23.4 Å². The molecule has 1 aromatic heterocycles. The summed E-state index contributed by atoms with van der Waals surface area (Å²) in [4.78, 5) is 12.0. The Labute approximate surface area is 150 Å². The van der Waals surface area contributed by atoms with Crippen LogP contribution in [0, 0.1) is 0 Å².